The lowest BCUT2D eigenvalue weighted by Gasteiger charge is -2.07. The number of rotatable bonds is 3. The van der Waals surface area contributed by atoms with Crippen molar-refractivity contribution in [3.63, 3.8) is 0 Å². The topological polar surface area (TPSA) is 29.1 Å². The molecule has 3 heteroatoms. The number of likely N-dealkylation sites (N-methyl/N-ethyl adjacent to an activating group) is 1. The Kier molecular flexibility index (Phi) is 5.35. The van der Waals surface area contributed by atoms with Crippen LogP contribution in [0.2, 0.25) is 0 Å². The van der Waals surface area contributed by atoms with E-state index >= 15 is 0 Å². The van der Waals surface area contributed by atoms with Gasteiger partial charge in [0, 0.05) is 5.56 Å². The van der Waals surface area contributed by atoms with Crippen molar-refractivity contribution >= 4 is 5.78 Å². The first-order chi connectivity index (χ1) is 5.75. The normalized spacial score (nSPS) is 11.5. The zero-order valence-corrected chi connectivity index (χ0v) is 8.51. The highest BCUT2D eigenvalue weighted by atomic mass is 35.5. The molecule has 0 aliphatic carbocycles. The van der Waals surface area contributed by atoms with Crippen LogP contribution in [0.1, 0.15) is 17.3 Å². The van der Waals surface area contributed by atoms with Gasteiger partial charge in [-0.2, -0.15) is 0 Å². The van der Waals surface area contributed by atoms with Crippen molar-refractivity contribution in [2.75, 3.05) is 7.05 Å². The molecule has 0 fully saturated rings. The van der Waals surface area contributed by atoms with E-state index in [-0.39, 0.29) is 24.2 Å². The minimum Gasteiger partial charge on any atom is -1.00 e. The zero-order chi connectivity index (χ0) is 8.97. The standard InChI is InChI=1S/C10H13NO.ClH/c1-8(11-2)10(12)9-6-4-3-5-7-9;/h3-8,11H,1-2H3;1H/p-1. The number of halogens is 1. The maximum absolute atomic E-state index is 11.5. The van der Waals surface area contributed by atoms with Gasteiger partial charge in [0.15, 0.2) is 5.78 Å². The van der Waals surface area contributed by atoms with Gasteiger partial charge in [0.2, 0.25) is 0 Å². The van der Waals surface area contributed by atoms with Crippen LogP contribution in [0.3, 0.4) is 0 Å². The molecule has 0 aromatic heterocycles. The van der Waals surface area contributed by atoms with Crippen LogP contribution in [0.4, 0.5) is 0 Å². The summed E-state index contributed by atoms with van der Waals surface area (Å²) >= 11 is 0. The summed E-state index contributed by atoms with van der Waals surface area (Å²) in [6.45, 7) is 1.86. The first kappa shape index (κ1) is 12.1. The number of carbonyl (C=O) groups is 1. The minimum absolute atomic E-state index is 0. The van der Waals surface area contributed by atoms with Gasteiger partial charge >= 0.3 is 0 Å². The Morgan fingerprint density at radius 3 is 2.31 bits per heavy atom. The summed E-state index contributed by atoms with van der Waals surface area (Å²) in [5, 5.41) is 2.91. The Morgan fingerprint density at radius 1 is 1.31 bits per heavy atom. The highest BCUT2D eigenvalue weighted by molar-refractivity contribution is 5.99. The van der Waals surface area contributed by atoms with Gasteiger partial charge in [-0.25, -0.2) is 0 Å². The van der Waals surface area contributed by atoms with E-state index in [0.29, 0.717) is 0 Å². The number of nitrogens with one attached hydrogen (secondary N) is 1. The molecule has 1 atom stereocenters. The van der Waals surface area contributed by atoms with Crippen LogP contribution < -0.4 is 17.7 Å². The lowest BCUT2D eigenvalue weighted by atomic mass is 10.1. The van der Waals surface area contributed by atoms with Crippen molar-refractivity contribution in [1.29, 1.82) is 0 Å². The summed E-state index contributed by atoms with van der Waals surface area (Å²) in [6, 6.07) is 9.20. The molecule has 0 bridgehead atoms. The molecule has 0 saturated carbocycles. The first-order valence-electron chi connectivity index (χ1n) is 4.02. The lowest BCUT2D eigenvalue weighted by molar-refractivity contribution is -0.0000101. The number of Topliss-reactive ketones (excluding diaryl/α,β-unsaturated/α-hetero) is 1. The third-order valence-electron chi connectivity index (χ3n) is 1.88. The minimum atomic E-state index is -0.104. The van der Waals surface area contributed by atoms with Crippen LogP contribution in [0.5, 0.6) is 0 Å². The Bertz CT molecular complexity index is 261. The fourth-order valence-corrected chi connectivity index (χ4v) is 0.984. The predicted molar refractivity (Wildman–Crippen MR) is 49.3 cm³/mol. The third-order valence-corrected chi connectivity index (χ3v) is 1.88. The molecule has 0 aliphatic rings. The molecule has 0 radical (unpaired) electrons. The van der Waals surface area contributed by atoms with Crippen LogP contribution >= 0.6 is 0 Å². The second-order valence-corrected chi connectivity index (χ2v) is 2.74. The van der Waals surface area contributed by atoms with Crippen molar-refractivity contribution in [3.8, 4) is 0 Å². The fraction of sp³-hybridized carbons (Fsp3) is 0.300. The molecule has 13 heavy (non-hydrogen) atoms. The first-order valence-corrected chi connectivity index (χ1v) is 4.02. The smallest absolute Gasteiger partial charge is 0.179 e. The highest BCUT2D eigenvalue weighted by Gasteiger charge is 2.11. The quantitative estimate of drug-likeness (QED) is 0.598. The van der Waals surface area contributed by atoms with E-state index in [0.717, 1.165) is 5.56 Å². The molecule has 0 amide bonds. The summed E-state index contributed by atoms with van der Waals surface area (Å²) < 4.78 is 0. The molecule has 0 saturated heterocycles. The molecular formula is C10H13ClNO-. The molecule has 0 heterocycles. The van der Waals surface area contributed by atoms with Crippen LogP contribution in [0.25, 0.3) is 0 Å². The Labute approximate surface area is 84.8 Å². The SMILES string of the molecule is CNC(C)C(=O)c1ccccc1.[Cl-]. The molecule has 1 N–H and O–H groups in total. The molecule has 1 rings (SSSR count). The van der Waals surface area contributed by atoms with Gasteiger partial charge < -0.3 is 17.7 Å². The van der Waals surface area contributed by atoms with Crippen LogP contribution in [0.15, 0.2) is 30.3 Å². The van der Waals surface area contributed by atoms with Crippen molar-refractivity contribution in [2.24, 2.45) is 0 Å². The lowest BCUT2D eigenvalue weighted by Crippen LogP contribution is -3.00. The molecule has 1 aromatic rings. The van der Waals surface area contributed by atoms with Gasteiger partial charge in [-0.1, -0.05) is 30.3 Å². The van der Waals surface area contributed by atoms with Crippen molar-refractivity contribution in [1.82, 2.24) is 5.32 Å². The van der Waals surface area contributed by atoms with Gasteiger partial charge in [-0.15, -0.1) is 0 Å². The van der Waals surface area contributed by atoms with E-state index < -0.39 is 0 Å². The summed E-state index contributed by atoms with van der Waals surface area (Å²) in [7, 11) is 1.78. The van der Waals surface area contributed by atoms with Gasteiger partial charge in [-0.05, 0) is 14.0 Å². The number of benzene rings is 1. The van der Waals surface area contributed by atoms with Crippen molar-refractivity contribution in [2.45, 2.75) is 13.0 Å². The molecule has 2 nitrogen and oxygen atoms in total. The van der Waals surface area contributed by atoms with Crippen LogP contribution in [-0.2, 0) is 0 Å². The monoisotopic (exact) mass is 198 g/mol. The average Bonchev–Trinajstić information content (AvgIpc) is 2.17. The molecule has 0 aliphatic heterocycles. The number of hydrogen-bond donors (Lipinski definition) is 1. The molecular weight excluding hydrogens is 186 g/mol. The van der Waals surface area contributed by atoms with E-state index in [1.165, 1.54) is 0 Å². The molecule has 1 unspecified atom stereocenters. The van der Waals surface area contributed by atoms with Crippen LogP contribution in [-0.4, -0.2) is 18.9 Å². The fourth-order valence-electron chi connectivity index (χ4n) is 0.984. The number of hydrogen-bond acceptors (Lipinski definition) is 2. The third kappa shape index (κ3) is 3.17. The van der Waals surface area contributed by atoms with E-state index in [1.54, 1.807) is 7.05 Å². The Morgan fingerprint density at radius 2 is 1.85 bits per heavy atom. The summed E-state index contributed by atoms with van der Waals surface area (Å²) in [6.07, 6.45) is 0. The van der Waals surface area contributed by atoms with Gasteiger partial charge in [0.25, 0.3) is 0 Å². The maximum atomic E-state index is 11.5. The van der Waals surface area contributed by atoms with E-state index in [1.807, 2.05) is 37.3 Å². The van der Waals surface area contributed by atoms with E-state index in [2.05, 4.69) is 5.32 Å². The van der Waals surface area contributed by atoms with E-state index in [9.17, 15) is 4.79 Å². The second kappa shape index (κ2) is 5.73. The average molecular weight is 199 g/mol. The molecule has 0 spiro atoms. The van der Waals surface area contributed by atoms with Crippen LogP contribution in [0, 0.1) is 0 Å². The van der Waals surface area contributed by atoms with Gasteiger partial charge in [0.05, 0.1) is 6.04 Å². The molecule has 72 valence electrons. The number of ketones is 1. The van der Waals surface area contributed by atoms with Gasteiger partial charge in [-0.3, -0.25) is 4.79 Å². The van der Waals surface area contributed by atoms with E-state index in [4.69, 9.17) is 0 Å². The summed E-state index contributed by atoms with van der Waals surface area (Å²) in [5.74, 6) is 0.137. The van der Waals surface area contributed by atoms with Crippen molar-refractivity contribution < 1.29 is 17.2 Å². The van der Waals surface area contributed by atoms with Crippen molar-refractivity contribution in [3.05, 3.63) is 35.9 Å². The largest absolute Gasteiger partial charge is 1.00 e. The second-order valence-electron chi connectivity index (χ2n) is 2.74. The zero-order valence-electron chi connectivity index (χ0n) is 7.75. The maximum Gasteiger partial charge on any atom is 0.179 e. The Hall–Kier alpha value is -0.860. The Balaban J connectivity index is 0.00000144. The predicted octanol–water partition coefficient (Wildman–Crippen LogP) is -1.52. The van der Waals surface area contributed by atoms with Gasteiger partial charge in [0.1, 0.15) is 0 Å². The molecule has 1 aromatic carbocycles. The summed E-state index contributed by atoms with van der Waals surface area (Å²) in [4.78, 5) is 11.5. The number of carbonyl (C=O) groups excluding carboxylic acids is 1. The highest BCUT2D eigenvalue weighted by Crippen LogP contribution is 2.02. The summed E-state index contributed by atoms with van der Waals surface area (Å²) in [5.41, 5.74) is 0.763.